The van der Waals surface area contributed by atoms with Crippen molar-refractivity contribution in [3.63, 3.8) is 0 Å². The van der Waals surface area contributed by atoms with Gasteiger partial charge in [-0.15, -0.1) is 0 Å². The highest BCUT2D eigenvalue weighted by molar-refractivity contribution is 6.65. The summed E-state index contributed by atoms with van der Waals surface area (Å²) in [7, 11) is 2.87. The molecule has 0 saturated carbocycles. The van der Waals surface area contributed by atoms with Crippen molar-refractivity contribution in [3.05, 3.63) is 78.4 Å². The Bertz CT molecular complexity index is 1120. The monoisotopic (exact) mass is 386 g/mol. The van der Waals surface area contributed by atoms with Crippen molar-refractivity contribution in [3.8, 4) is 11.1 Å². The summed E-state index contributed by atoms with van der Waals surface area (Å²) >= 11 is 0. The molecule has 0 spiro atoms. The Balaban J connectivity index is 0.000000552. The molecule has 0 fully saturated rings. The standard InChI is InChI=1S/C21H19BO3.C4H8/c1-14-6-4-7-15(12-14)16-10-11-19-17(13-16)21-18(22(23-2)24-3)8-5-9-20(21)25-19;1-3-4-2/h4-13H,1-3H3;3-4H,1-2H3/b;4-3-. The van der Waals surface area contributed by atoms with Crippen LogP contribution in [0.25, 0.3) is 33.1 Å². The van der Waals surface area contributed by atoms with E-state index in [-0.39, 0.29) is 0 Å². The van der Waals surface area contributed by atoms with Crippen LogP contribution in [0, 0.1) is 6.92 Å². The molecule has 4 rings (SSSR count). The first-order chi connectivity index (χ1) is 14.1. The molecule has 4 heteroatoms. The Morgan fingerprint density at radius 1 is 0.793 bits per heavy atom. The molecule has 0 amide bonds. The fraction of sp³-hybridized carbons (Fsp3) is 0.200. The van der Waals surface area contributed by atoms with E-state index in [1.807, 2.05) is 50.3 Å². The third kappa shape index (κ3) is 4.45. The molecule has 0 aliphatic carbocycles. The maximum atomic E-state index is 6.04. The number of furan rings is 1. The van der Waals surface area contributed by atoms with Gasteiger partial charge in [0, 0.05) is 25.0 Å². The number of hydrogen-bond donors (Lipinski definition) is 0. The summed E-state index contributed by atoms with van der Waals surface area (Å²) in [5.74, 6) is 0. The van der Waals surface area contributed by atoms with Gasteiger partial charge in [-0.3, -0.25) is 0 Å². The van der Waals surface area contributed by atoms with Crippen LogP contribution in [0.4, 0.5) is 0 Å². The zero-order chi connectivity index (χ0) is 20.8. The third-order valence-electron chi connectivity index (χ3n) is 4.89. The summed E-state index contributed by atoms with van der Waals surface area (Å²) in [5, 5.41) is 2.12. The molecule has 0 atom stereocenters. The van der Waals surface area contributed by atoms with E-state index in [1.54, 1.807) is 14.2 Å². The quantitative estimate of drug-likeness (QED) is 0.312. The summed E-state index contributed by atoms with van der Waals surface area (Å²) in [6.45, 7) is 6.11. The predicted molar refractivity (Wildman–Crippen MR) is 124 cm³/mol. The average Bonchev–Trinajstić information content (AvgIpc) is 3.13. The van der Waals surface area contributed by atoms with Gasteiger partial charge < -0.3 is 13.7 Å². The first-order valence-corrected chi connectivity index (χ1v) is 9.78. The molecule has 0 saturated heterocycles. The van der Waals surface area contributed by atoms with Gasteiger partial charge in [0.15, 0.2) is 0 Å². The lowest BCUT2D eigenvalue weighted by Gasteiger charge is -2.10. The molecule has 148 valence electrons. The topological polar surface area (TPSA) is 31.6 Å². The molecule has 0 aliphatic heterocycles. The Hall–Kier alpha value is -2.82. The molecular weight excluding hydrogens is 359 g/mol. The van der Waals surface area contributed by atoms with Crippen molar-refractivity contribution in [1.29, 1.82) is 0 Å². The van der Waals surface area contributed by atoms with Crippen molar-refractivity contribution < 1.29 is 13.7 Å². The first kappa shape index (κ1) is 20.9. The van der Waals surface area contributed by atoms with E-state index in [4.69, 9.17) is 13.7 Å². The summed E-state index contributed by atoms with van der Waals surface area (Å²) in [6.07, 6.45) is 4.00. The number of rotatable bonds is 4. The number of allylic oxidation sites excluding steroid dienone is 2. The van der Waals surface area contributed by atoms with E-state index < -0.39 is 7.12 Å². The van der Waals surface area contributed by atoms with E-state index in [1.165, 1.54) is 16.7 Å². The van der Waals surface area contributed by atoms with Crippen LogP contribution >= 0.6 is 0 Å². The van der Waals surface area contributed by atoms with Gasteiger partial charge in [-0.05, 0) is 55.6 Å². The van der Waals surface area contributed by atoms with Crippen LogP contribution < -0.4 is 5.46 Å². The van der Waals surface area contributed by atoms with Gasteiger partial charge >= 0.3 is 7.12 Å². The highest BCUT2D eigenvalue weighted by Crippen LogP contribution is 2.32. The van der Waals surface area contributed by atoms with Gasteiger partial charge in [0.25, 0.3) is 0 Å². The molecule has 0 aliphatic rings. The maximum absolute atomic E-state index is 6.04. The van der Waals surface area contributed by atoms with Gasteiger partial charge in [-0.25, -0.2) is 0 Å². The van der Waals surface area contributed by atoms with Crippen LogP contribution in [0.1, 0.15) is 19.4 Å². The second-order valence-corrected chi connectivity index (χ2v) is 6.87. The lowest BCUT2D eigenvalue weighted by atomic mass is 9.76. The van der Waals surface area contributed by atoms with Crippen LogP contribution in [0.5, 0.6) is 0 Å². The SMILES string of the molecule is C/C=C\C.COB(OC)c1cccc2oc3ccc(-c4cccc(C)c4)cc3c12. The minimum atomic E-state index is -0.424. The molecule has 0 N–H and O–H groups in total. The number of aryl methyl sites for hydroxylation is 1. The van der Waals surface area contributed by atoms with Crippen LogP contribution in [-0.4, -0.2) is 21.3 Å². The van der Waals surface area contributed by atoms with E-state index in [9.17, 15) is 0 Å². The van der Waals surface area contributed by atoms with Gasteiger partial charge in [0.1, 0.15) is 11.2 Å². The molecule has 1 aromatic heterocycles. The summed E-state index contributed by atoms with van der Waals surface area (Å²) in [6, 6.07) is 20.8. The second kappa shape index (κ2) is 9.59. The number of hydrogen-bond acceptors (Lipinski definition) is 3. The van der Waals surface area contributed by atoms with Crippen LogP contribution in [0.3, 0.4) is 0 Å². The zero-order valence-electron chi connectivity index (χ0n) is 17.7. The maximum Gasteiger partial charge on any atom is 0.494 e. The number of fused-ring (bicyclic) bond motifs is 3. The minimum absolute atomic E-state index is 0.424. The smallest absolute Gasteiger partial charge is 0.456 e. The molecule has 3 nitrogen and oxygen atoms in total. The summed E-state index contributed by atoms with van der Waals surface area (Å²) in [4.78, 5) is 0. The summed E-state index contributed by atoms with van der Waals surface area (Å²) in [5.41, 5.74) is 6.29. The second-order valence-electron chi connectivity index (χ2n) is 6.87. The third-order valence-corrected chi connectivity index (χ3v) is 4.89. The zero-order valence-corrected chi connectivity index (χ0v) is 17.7. The largest absolute Gasteiger partial charge is 0.494 e. The minimum Gasteiger partial charge on any atom is -0.456 e. The van der Waals surface area contributed by atoms with E-state index in [0.717, 1.165) is 27.4 Å². The Morgan fingerprint density at radius 3 is 2.14 bits per heavy atom. The first-order valence-electron chi connectivity index (χ1n) is 9.78. The van der Waals surface area contributed by atoms with Crippen LogP contribution in [0.2, 0.25) is 0 Å². The molecule has 0 radical (unpaired) electrons. The molecule has 3 aromatic carbocycles. The highest BCUT2D eigenvalue weighted by Gasteiger charge is 2.23. The lowest BCUT2D eigenvalue weighted by Crippen LogP contribution is -2.35. The van der Waals surface area contributed by atoms with Crippen LogP contribution in [0.15, 0.2) is 77.2 Å². The Morgan fingerprint density at radius 2 is 1.48 bits per heavy atom. The molecule has 0 unspecified atom stereocenters. The molecular formula is C25H27BO3. The van der Waals surface area contributed by atoms with E-state index in [0.29, 0.717) is 0 Å². The Kier molecular flexibility index (Phi) is 6.92. The average molecular weight is 386 g/mol. The fourth-order valence-electron chi connectivity index (χ4n) is 3.40. The molecule has 1 heterocycles. The van der Waals surface area contributed by atoms with Gasteiger partial charge in [0.05, 0.1) is 0 Å². The van der Waals surface area contributed by atoms with Crippen molar-refractivity contribution in [1.82, 2.24) is 0 Å². The highest BCUT2D eigenvalue weighted by atomic mass is 16.6. The Labute approximate surface area is 173 Å². The molecule has 4 aromatic rings. The molecule has 0 bridgehead atoms. The van der Waals surface area contributed by atoms with Gasteiger partial charge in [-0.1, -0.05) is 60.2 Å². The normalized spacial score (nSPS) is 11.1. The van der Waals surface area contributed by atoms with Crippen molar-refractivity contribution in [2.24, 2.45) is 0 Å². The van der Waals surface area contributed by atoms with Crippen molar-refractivity contribution >= 4 is 34.5 Å². The predicted octanol–water partition coefficient (Wildman–Crippen LogP) is 6.13. The lowest BCUT2D eigenvalue weighted by molar-refractivity contribution is 0.292. The van der Waals surface area contributed by atoms with Gasteiger partial charge in [-0.2, -0.15) is 0 Å². The molecule has 29 heavy (non-hydrogen) atoms. The van der Waals surface area contributed by atoms with Crippen molar-refractivity contribution in [2.45, 2.75) is 20.8 Å². The van der Waals surface area contributed by atoms with Crippen LogP contribution in [-0.2, 0) is 9.31 Å². The van der Waals surface area contributed by atoms with E-state index in [2.05, 4.69) is 43.3 Å². The number of benzene rings is 3. The van der Waals surface area contributed by atoms with Crippen molar-refractivity contribution in [2.75, 3.05) is 14.2 Å². The fourth-order valence-corrected chi connectivity index (χ4v) is 3.40. The van der Waals surface area contributed by atoms with Gasteiger partial charge in [0.2, 0.25) is 0 Å². The summed E-state index contributed by atoms with van der Waals surface area (Å²) < 4.78 is 17.0. The van der Waals surface area contributed by atoms with E-state index >= 15 is 0 Å².